The van der Waals surface area contributed by atoms with Gasteiger partial charge in [0.25, 0.3) is 5.56 Å². The highest BCUT2D eigenvalue weighted by molar-refractivity contribution is 9.10. The van der Waals surface area contributed by atoms with Gasteiger partial charge in [0.15, 0.2) is 5.82 Å². The molecule has 2 heterocycles. The van der Waals surface area contributed by atoms with Crippen LogP contribution in [0.1, 0.15) is 12.7 Å². The lowest BCUT2D eigenvalue weighted by Crippen LogP contribution is -2.31. The summed E-state index contributed by atoms with van der Waals surface area (Å²) in [4.78, 5) is 12.8. The van der Waals surface area contributed by atoms with E-state index in [9.17, 15) is 13.2 Å². The van der Waals surface area contributed by atoms with Gasteiger partial charge in [0.05, 0.1) is 29.4 Å². The van der Waals surface area contributed by atoms with Crippen molar-refractivity contribution in [2.24, 2.45) is 0 Å². The second-order valence-corrected chi connectivity index (χ2v) is 9.30. The van der Waals surface area contributed by atoms with E-state index in [1.165, 1.54) is 8.87 Å². The minimum Gasteiger partial charge on any atom is -0.277 e. The second-order valence-electron chi connectivity index (χ2n) is 6.54. The number of fused-ring (bicyclic) bond motifs is 3. The Morgan fingerprint density at radius 3 is 2.45 bits per heavy atom. The van der Waals surface area contributed by atoms with Gasteiger partial charge in [-0.1, -0.05) is 24.3 Å². The Morgan fingerprint density at radius 2 is 1.76 bits per heavy atom. The number of hydrogen-bond acceptors (Lipinski definition) is 5. The van der Waals surface area contributed by atoms with E-state index in [1.54, 1.807) is 40.8 Å². The van der Waals surface area contributed by atoms with Crippen LogP contribution in [0.2, 0.25) is 0 Å². The van der Waals surface area contributed by atoms with Crippen molar-refractivity contribution in [2.45, 2.75) is 20.0 Å². The molecule has 29 heavy (non-hydrogen) atoms. The molecule has 0 aliphatic rings. The molecule has 4 aromatic rings. The first kappa shape index (κ1) is 19.6. The van der Waals surface area contributed by atoms with Gasteiger partial charge in [0.2, 0.25) is 15.8 Å². The van der Waals surface area contributed by atoms with Crippen molar-refractivity contribution in [3.8, 4) is 0 Å². The lowest BCUT2D eigenvalue weighted by atomic mass is 10.2. The van der Waals surface area contributed by atoms with E-state index in [2.05, 4.69) is 26.1 Å². The number of para-hydroxylation sites is 2. The highest BCUT2D eigenvalue weighted by Gasteiger charge is 2.24. The average molecular weight is 476 g/mol. The lowest BCUT2D eigenvalue weighted by molar-refractivity contribution is 0.595. The molecule has 2 aromatic heterocycles. The van der Waals surface area contributed by atoms with Crippen LogP contribution in [0, 0.1) is 0 Å². The van der Waals surface area contributed by atoms with Crippen LogP contribution in [-0.4, -0.2) is 33.8 Å². The molecular formula is C19H18BrN5O3S. The van der Waals surface area contributed by atoms with Crippen molar-refractivity contribution in [1.82, 2.24) is 19.2 Å². The van der Waals surface area contributed by atoms with E-state index in [4.69, 9.17) is 0 Å². The number of anilines is 1. The van der Waals surface area contributed by atoms with Gasteiger partial charge in [0, 0.05) is 11.0 Å². The maximum absolute atomic E-state index is 12.8. The van der Waals surface area contributed by atoms with Gasteiger partial charge < -0.3 is 0 Å². The number of aryl methyl sites for hydroxylation is 1. The largest absolute Gasteiger partial charge is 0.277 e. The van der Waals surface area contributed by atoms with E-state index in [0.29, 0.717) is 39.2 Å². The number of benzene rings is 2. The molecule has 2 aromatic carbocycles. The van der Waals surface area contributed by atoms with Crippen LogP contribution in [-0.2, 0) is 23.1 Å². The van der Waals surface area contributed by atoms with E-state index in [0.717, 1.165) is 6.26 Å². The predicted octanol–water partition coefficient (Wildman–Crippen LogP) is 2.79. The number of halogens is 1. The third kappa shape index (κ3) is 3.32. The van der Waals surface area contributed by atoms with E-state index in [-0.39, 0.29) is 12.1 Å². The van der Waals surface area contributed by atoms with Crippen molar-refractivity contribution < 1.29 is 8.42 Å². The van der Waals surface area contributed by atoms with Crippen molar-refractivity contribution in [1.29, 1.82) is 0 Å². The fourth-order valence-electron chi connectivity index (χ4n) is 3.37. The molecule has 0 saturated carbocycles. The molecule has 0 unspecified atom stereocenters. The molecular weight excluding hydrogens is 458 g/mol. The molecule has 0 aliphatic carbocycles. The zero-order valence-corrected chi connectivity index (χ0v) is 18.2. The molecule has 8 nitrogen and oxygen atoms in total. The summed E-state index contributed by atoms with van der Waals surface area (Å²) in [5.74, 6) is 0.798. The second kappa shape index (κ2) is 7.27. The summed E-state index contributed by atoms with van der Waals surface area (Å²) in [7, 11) is -3.61. The fourth-order valence-corrected chi connectivity index (χ4v) is 4.85. The third-order valence-corrected chi connectivity index (χ3v) is 6.49. The molecule has 0 aliphatic heterocycles. The highest BCUT2D eigenvalue weighted by Crippen LogP contribution is 2.29. The Bertz CT molecular complexity index is 1390. The van der Waals surface area contributed by atoms with Crippen LogP contribution < -0.4 is 9.86 Å². The Morgan fingerprint density at radius 1 is 1.07 bits per heavy atom. The van der Waals surface area contributed by atoms with Gasteiger partial charge in [-0.05, 0) is 47.1 Å². The summed E-state index contributed by atoms with van der Waals surface area (Å²) in [5, 5.41) is 8.95. The van der Waals surface area contributed by atoms with Crippen molar-refractivity contribution in [3.05, 3.63) is 69.2 Å². The van der Waals surface area contributed by atoms with Crippen LogP contribution in [0.15, 0.2) is 57.8 Å². The van der Waals surface area contributed by atoms with Crippen molar-refractivity contribution >= 4 is 48.3 Å². The summed E-state index contributed by atoms with van der Waals surface area (Å²) in [6, 6.07) is 14.2. The maximum atomic E-state index is 12.8. The molecule has 0 bridgehead atoms. The number of rotatable bonds is 5. The number of sulfonamides is 1. The Hall–Kier alpha value is -2.72. The minimum atomic E-state index is -3.61. The fraction of sp³-hybridized carbons (Fsp3) is 0.211. The molecule has 0 N–H and O–H groups in total. The summed E-state index contributed by atoms with van der Waals surface area (Å²) >= 11 is 3.42. The first-order valence-electron chi connectivity index (χ1n) is 8.90. The van der Waals surface area contributed by atoms with Crippen LogP contribution >= 0.6 is 15.9 Å². The normalized spacial score (nSPS) is 12.0. The molecule has 0 saturated heterocycles. The molecule has 0 amide bonds. The van der Waals surface area contributed by atoms with Gasteiger partial charge >= 0.3 is 0 Å². The summed E-state index contributed by atoms with van der Waals surface area (Å²) in [6.07, 6.45) is 1.15. The summed E-state index contributed by atoms with van der Waals surface area (Å²) < 4.78 is 30.3. The predicted molar refractivity (Wildman–Crippen MR) is 116 cm³/mol. The number of hydrogen-bond donors (Lipinski definition) is 0. The molecule has 0 spiro atoms. The van der Waals surface area contributed by atoms with E-state index >= 15 is 0 Å². The SMILES string of the molecule is CCn1c(=O)c2ccccc2n2c(CN(c3ccccc3Br)S(C)(=O)=O)nnc12. The molecule has 0 atom stereocenters. The first-order chi connectivity index (χ1) is 13.8. The first-order valence-corrected chi connectivity index (χ1v) is 11.5. The highest BCUT2D eigenvalue weighted by atomic mass is 79.9. The molecule has 10 heteroatoms. The van der Waals surface area contributed by atoms with Crippen LogP contribution in [0.25, 0.3) is 16.7 Å². The van der Waals surface area contributed by atoms with Gasteiger partial charge in [-0.3, -0.25) is 18.1 Å². The average Bonchev–Trinajstić information content (AvgIpc) is 3.10. The van der Waals surface area contributed by atoms with Crippen molar-refractivity contribution in [3.63, 3.8) is 0 Å². The topological polar surface area (TPSA) is 89.6 Å². The smallest absolute Gasteiger partial charge is 0.262 e. The van der Waals surface area contributed by atoms with Crippen LogP contribution in [0.4, 0.5) is 5.69 Å². The zero-order chi connectivity index (χ0) is 20.8. The van der Waals surface area contributed by atoms with Crippen molar-refractivity contribution in [2.75, 3.05) is 10.6 Å². The van der Waals surface area contributed by atoms with E-state index < -0.39 is 10.0 Å². The summed E-state index contributed by atoms with van der Waals surface area (Å²) in [5.41, 5.74) is 0.984. The van der Waals surface area contributed by atoms with Crippen LogP contribution in [0.3, 0.4) is 0 Å². The molecule has 0 radical (unpaired) electrons. The van der Waals surface area contributed by atoms with Gasteiger partial charge in [-0.15, -0.1) is 10.2 Å². The third-order valence-electron chi connectivity index (χ3n) is 4.70. The molecule has 150 valence electrons. The molecule has 0 fully saturated rings. The van der Waals surface area contributed by atoms with Crippen LogP contribution in [0.5, 0.6) is 0 Å². The molecule has 4 rings (SSSR count). The standard InChI is InChI=1S/C19H18BrN5O3S/c1-3-23-18(26)13-8-4-6-10-15(13)25-17(21-22-19(23)25)12-24(29(2,27)28)16-11-7-5-9-14(16)20/h4-11H,3,12H2,1-2H3. The maximum Gasteiger partial charge on any atom is 0.262 e. The number of nitrogens with zero attached hydrogens (tertiary/aromatic N) is 5. The summed E-state index contributed by atoms with van der Waals surface area (Å²) in [6.45, 7) is 2.24. The van der Waals surface area contributed by atoms with Gasteiger partial charge in [0.1, 0.15) is 0 Å². The lowest BCUT2D eigenvalue weighted by Gasteiger charge is -2.23. The Kier molecular flexibility index (Phi) is 4.91. The van der Waals surface area contributed by atoms with Gasteiger partial charge in [-0.2, -0.15) is 0 Å². The van der Waals surface area contributed by atoms with E-state index in [1.807, 2.05) is 19.1 Å². The van der Waals surface area contributed by atoms with Gasteiger partial charge in [-0.25, -0.2) is 8.42 Å². The minimum absolute atomic E-state index is 0.0332. The Labute approximate surface area is 175 Å². The quantitative estimate of drug-likeness (QED) is 0.442. The Balaban J connectivity index is 1.98. The monoisotopic (exact) mass is 475 g/mol. The number of aromatic nitrogens is 4. The zero-order valence-electron chi connectivity index (χ0n) is 15.8.